The molecule has 196 valence electrons. The fourth-order valence-corrected chi connectivity index (χ4v) is 5.28. The van der Waals surface area contributed by atoms with Gasteiger partial charge in [0.1, 0.15) is 28.8 Å². The number of ether oxygens (including phenoxy) is 1. The number of hydrogen-bond acceptors (Lipinski definition) is 9. The molecule has 3 heterocycles. The molecule has 14 nitrogen and oxygen atoms in total. The summed E-state index contributed by atoms with van der Waals surface area (Å²) in [4.78, 5) is 66.7. The van der Waals surface area contributed by atoms with Crippen molar-refractivity contribution in [1.82, 2.24) is 14.7 Å². The second-order valence-corrected chi connectivity index (χ2v) is 10.6. The summed E-state index contributed by atoms with van der Waals surface area (Å²) in [7, 11) is 0. The molecule has 0 aliphatic carbocycles. The van der Waals surface area contributed by atoms with E-state index in [-0.39, 0.29) is 19.4 Å². The van der Waals surface area contributed by atoms with E-state index in [0.717, 1.165) is 16.7 Å². The maximum atomic E-state index is 13.4. The van der Waals surface area contributed by atoms with Crippen molar-refractivity contribution in [3.8, 4) is 0 Å². The summed E-state index contributed by atoms with van der Waals surface area (Å²) in [6.45, 7) is 6.57. The molecule has 3 saturated heterocycles. The molecule has 5 amide bonds. The van der Waals surface area contributed by atoms with E-state index in [1.807, 2.05) is 0 Å². The van der Waals surface area contributed by atoms with Crippen molar-refractivity contribution in [2.24, 2.45) is 11.5 Å². The minimum atomic E-state index is -2.73. The molecular formula is C21H33N5O9. The molecule has 0 radical (unpaired) electrons. The molecule has 35 heavy (non-hydrogen) atoms. The number of aliphatic hydroxyl groups is 3. The zero-order valence-corrected chi connectivity index (χ0v) is 20.3. The molecule has 2 unspecified atom stereocenters. The number of carbonyl (C=O) groups excluding carboxylic acids is 5. The van der Waals surface area contributed by atoms with Crippen LogP contribution in [0.25, 0.3) is 0 Å². The predicted molar refractivity (Wildman–Crippen MR) is 117 cm³/mol. The molecule has 3 aliphatic heterocycles. The van der Waals surface area contributed by atoms with Crippen LogP contribution in [0.3, 0.4) is 0 Å². The van der Waals surface area contributed by atoms with Crippen LogP contribution in [0.4, 0.5) is 4.79 Å². The third kappa shape index (κ3) is 3.62. The van der Waals surface area contributed by atoms with E-state index in [1.54, 1.807) is 20.8 Å². The van der Waals surface area contributed by atoms with Gasteiger partial charge in [-0.2, -0.15) is 0 Å². The van der Waals surface area contributed by atoms with E-state index in [2.05, 4.69) is 0 Å². The summed E-state index contributed by atoms with van der Waals surface area (Å²) < 4.78 is 5.49. The normalized spacial score (nSPS) is 30.5. The first-order valence-electron chi connectivity index (χ1n) is 11.2. The van der Waals surface area contributed by atoms with Gasteiger partial charge in [-0.05, 0) is 47.5 Å². The third-order valence-electron chi connectivity index (χ3n) is 6.98. The van der Waals surface area contributed by atoms with Crippen LogP contribution in [-0.4, -0.2) is 113 Å². The minimum Gasteiger partial charge on any atom is -0.444 e. The summed E-state index contributed by atoms with van der Waals surface area (Å²) in [6.07, 6.45) is -4.02. The third-order valence-corrected chi connectivity index (χ3v) is 6.98. The van der Waals surface area contributed by atoms with Crippen LogP contribution >= 0.6 is 0 Å². The Labute approximate surface area is 201 Å². The lowest BCUT2D eigenvalue weighted by Crippen LogP contribution is -2.86. The highest BCUT2D eigenvalue weighted by Gasteiger charge is 2.76. The van der Waals surface area contributed by atoms with Gasteiger partial charge in [0.2, 0.25) is 11.6 Å². The van der Waals surface area contributed by atoms with E-state index in [9.17, 15) is 39.3 Å². The maximum Gasteiger partial charge on any atom is 0.412 e. The first kappa shape index (κ1) is 26.6. The smallest absolute Gasteiger partial charge is 0.412 e. The highest BCUT2D eigenvalue weighted by atomic mass is 16.6. The molecule has 3 rings (SSSR count). The summed E-state index contributed by atoms with van der Waals surface area (Å²) in [6, 6.07) is -1.34. The number of carbonyl (C=O) groups is 5. The van der Waals surface area contributed by atoms with Crippen molar-refractivity contribution in [2.75, 3.05) is 13.1 Å². The largest absolute Gasteiger partial charge is 0.444 e. The van der Waals surface area contributed by atoms with Crippen molar-refractivity contribution in [1.29, 1.82) is 0 Å². The minimum absolute atomic E-state index is 0.0100. The molecule has 7 N–H and O–H groups in total. The van der Waals surface area contributed by atoms with Crippen molar-refractivity contribution in [3.05, 3.63) is 0 Å². The summed E-state index contributed by atoms with van der Waals surface area (Å²) >= 11 is 0. The van der Waals surface area contributed by atoms with Gasteiger partial charge in [0, 0.05) is 0 Å². The summed E-state index contributed by atoms with van der Waals surface area (Å²) in [5.41, 5.74) is 3.66. The van der Waals surface area contributed by atoms with Crippen LogP contribution in [-0.2, 0) is 23.9 Å². The van der Waals surface area contributed by atoms with Crippen LogP contribution in [0.2, 0.25) is 0 Å². The molecule has 0 aromatic heterocycles. The van der Waals surface area contributed by atoms with Gasteiger partial charge in [0.15, 0.2) is 0 Å². The molecule has 0 aromatic rings. The zero-order valence-electron chi connectivity index (χ0n) is 20.3. The van der Waals surface area contributed by atoms with Crippen LogP contribution in [0.15, 0.2) is 0 Å². The first-order chi connectivity index (χ1) is 15.9. The molecular weight excluding hydrogens is 466 g/mol. The highest BCUT2D eigenvalue weighted by molar-refractivity contribution is 6.06. The Kier molecular flexibility index (Phi) is 6.11. The number of rotatable bonds is 6. The fourth-order valence-electron chi connectivity index (χ4n) is 5.28. The Morgan fingerprint density at radius 1 is 1.00 bits per heavy atom. The van der Waals surface area contributed by atoms with E-state index < -0.39 is 76.9 Å². The van der Waals surface area contributed by atoms with E-state index in [1.165, 1.54) is 6.92 Å². The Hall–Kier alpha value is -2.97. The Bertz CT molecular complexity index is 979. The van der Waals surface area contributed by atoms with Crippen molar-refractivity contribution in [2.45, 2.75) is 88.1 Å². The van der Waals surface area contributed by atoms with E-state index in [4.69, 9.17) is 16.2 Å². The summed E-state index contributed by atoms with van der Waals surface area (Å²) in [5, 5.41) is 30.6. The predicted octanol–water partition coefficient (Wildman–Crippen LogP) is -3.03. The first-order valence-corrected chi connectivity index (χ1v) is 11.2. The van der Waals surface area contributed by atoms with Gasteiger partial charge >= 0.3 is 6.09 Å². The van der Waals surface area contributed by atoms with Crippen LogP contribution in [0, 0.1) is 0 Å². The second-order valence-electron chi connectivity index (χ2n) is 10.6. The monoisotopic (exact) mass is 499 g/mol. The number of β-lactam (4-membered cyclic amide) rings is 2. The van der Waals surface area contributed by atoms with Crippen LogP contribution < -0.4 is 11.5 Å². The van der Waals surface area contributed by atoms with Crippen LogP contribution in [0.1, 0.15) is 47.5 Å². The quantitative estimate of drug-likeness (QED) is 0.234. The van der Waals surface area contributed by atoms with Gasteiger partial charge in [0.25, 0.3) is 17.7 Å². The number of primary amides is 2. The Morgan fingerprint density at radius 3 is 1.86 bits per heavy atom. The Balaban J connectivity index is 2.01. The SMILES string of the molecule is C[C@@H](O)[C@@H](C(N)=O)N1CC2(CCC3(CN([C@@](O)(C(N)=O)[C@@H](C)O)C3=O)N2C(=O)OC(C)(C)C)C1=O. The lowest BCUT2D eigenvalue weighted by atomic mass is 9.82. The lowest BCUT2D eigenvalue weighted by Gasteiger charge is -2.60. The fraction of sp³-hybridized carbons (Fsp3) is 0.762. The number of likely N-dealkylation sites (tertiary alicyclic amines) is 3. The van der Waals surface area contributed by atoms with Crippen molar-refractivity contribution < 1.29 is 44.0 Å². The van der Waals surface area contributed by atoms with Gasteiger partial charge < -0.3 is 36.4 Å². The van der Waals surface area contributed by atoms with Crippen LogP contribution in [0.5, 0.6) is 0 Å². The Morgan fingerprint density at radius 2 is 1.51 bits per heavy atom. The number of nitrogens with two attached hydrogens (primary N) is 2. The number of nitrogens with zero attached hydrogens (tertiary/aromatic N) is 3. The van der Waals surface area contributed by atoms with Crippen molar-refractivity contribution in [3.63, 3.8) is 0 Å². The second kappa shape index (κ2) is 8.03. The van der Waals surface area contributed by atoms with E-state index in [0.29, 0.717) is 4.90 Å². The van der Waals surface area contributed by atoms with Gasteiger partial charge in [0.05, 0.1) is 19.2 Å². The number of aliphatic hydroxyl groups excluding tert-OH is 2. The number of amides is 5. The van der Waals surface area contributed by atoms with Gasteiger partial charge in [-0.1, -0.05) is 0 Å². The zero-order chi connectivity index (χ0) is 26.9. The van der Waals surface area contributed by atoms with E-state index >= 15 is 0 Å². The molecule has 0 saturated carbocycles. The van der Waals surface area contributed by atoms with Crippen molar-refractivity contribution >= 4 is 29.7 Å². The van der Waals surface area contributed by atoms with Gasteiger partial charge in [-0.15, -0.1) is 0 Å². The maximum absolute atomic E-state index is 13.4. The highest BCUT2D eigenvalue weighted by Crippen LogP contribution is 2.53. The average molecular weight is 500 g/mol. The summed E-state index contributed by atoms with van der Waals surface area (Å²) in [5.74, 6) is -3.89. The molecule has 6 atom stereocenters. The molecule has 2 spiro atoms. The van der Waals surface area contributed by atoms with Gasteiger partial charge in [-0.3, -0.25) is 29.0 Å². The average Bonchev–Trinajstić information content (AvgIpc) is 3.08. The topological polar surface area (TPSA) is 217 Å². The molecule has 3 aliphatic rings. The molecule has 0 bridgehead atoms. The lowest BCUT2D eigenvalue weighted by molar-refractivity contribution is -0.226. The molecule has 3 fully saturated rings. The van der Waals surface area contributed by atoms with Gasteiger partial charge in [-0.25, -0.2) is 4.79 Å². The standard InChI is InChI=1S/C21H33N5O9/c1-10(27)12(13(22)29)24-8-19(15(24)31)6-7-20(26(19)17(33)35-18(3,4)5)9-25(16(20)32)21(34,11(2)28)14(23)30/h10-12,27-28,34H,6-9H2,1-5H3,(H2,22,29)(H2,23,30)/t10-,11-,12+,19?,20?,21+/m1/s1. The molecule has 14 heteroatoms. The number of hydrogen-bond donors (Lipinski definition) is 5. The molecule has 0 aromatic carbocycles.